The molecule has 6 aromatic carbocycles. The Morgan fingerprint density at radius 3 is 1.85 bits per heavy atom. The Balaban J connectivity index is 0.00000302. The number of rotatable bonds is 3. The van der Waals surface area contributed by atoms with Crippen molar-refractivity contribution in [1.82, 2.24) is 19.1 Å². The van der Waals surface area contributed by atoms with E-state index in [0.29, 0.717) is 0 Å². The van der Waals surface area contributed by atoms with Gasteiger partial charge >= 0.3 is 21.1 Å². The molecule has 0 aliphatic carbocycles. The normalized spacial score (nSPS) is 11.7. The zero-order chi connectivity index (χ0) is 30.2. The first kappa shape index (κ1) is 27.7. The number of nitrogens with zero attached hydrogens (tertiary/aromatic N) is 4. The van der Waals surface area contributed by atoms with Crippen LogP contribution in [0.4, 0.5) is 0 Å². The Morgan fingerprint density at radius 2 is 1.04 bits per heavy atom. The third-order valence-corrected chi connectivity index (χ3v) is 9.33. The first-order valence-electron chi connectivity index (χ1n) is 15.6. The van der Waals surface area contributed by atoms with Crippen molar-refractivity contribution in [2.75, 3.05) is 0 Å². The van der Waals surface area contributed by atoms with Crippen LogP contribution in [0.2, 0.25) is 0 Å². The molecule has 0 radical (unpaired) electrons. The molecule has 222 valence electrons. The first-order valence-corrected chi connectivity index (χ1v) is 15.6. The molecule has 0 unspecified atom stereocenters. The monoisotopic (exact) mass is 781 g/mol. The summed E-state index contributed by atoms with van der Waals surface area (Å²) in [6.45, 7) is 0. The minimum Gasteiger partial charge on any atom is -0.309 e. The molecule has 0 aliphatic heterocycles. The van der Waals surface area contributed by atoms with E-state index >= 15 is 0 Å². The number of pyridine rings is 2. The molecule has 47 heavy (non-hydrogen) atoms. The predicted octanol–water partition coefficient (Wildman–Crippen LogP) is 10.6. The Bertz CT molecular complexity index is 2830. The molecule has 4 aromatic heterocycles. The van der Waals surface area contributed by atoms with Crippen molar-refractivity contribution in [3.63, 3.8) is 0 Å². The topological polar surface area (TPSA) is 35.6 Å². The summed E-state index contributed by atoms with van der Waals surface area (Å²) in [6.07, 6.45) is 1.98. The fraction of sp³-hybridized carbons (Fsp3) is 0. The summed E-state index contributed by atoms with van der Waals surface area (Å²) in [5.41, 5.74) is 8.76. The van der Waals surface area contributed by atoms with E-state index in [1.54, 1.807) is 0 Å². The molecular formula is C42H26N4Pt+2. The minimum atomic E-state index is 0. The van der Waals surface area contributed by atoms with Gasteiger partial charge in [0.1, 0.15) is 5.82 Å². The van der Waals surface area contributed by atoms with Crippen molar-refractivity contribution in [3.8, 4) is 22.8 Å². The predicted molar refractivity (Wildman–Crippen MR) is 191 cm³/mol. The number of fused-ring (bicyclic) bond motifs is 8. The average molecular weight is 782 g/mol. The van der Waals surface area contributed by atoms with Crippen LogP contribution in [0, 0.1) is 0 Å². The van der Waals surface area contributed by atoms with Gasteiger partial charge in [0.15, 0.2) is 0 Å². The summed E-state index contributed by atoms with van der Waals surface area (Å²) in [7, 11) is 0. The van der Waals surface area contributed by atoms with Crippen LogP contribution in [0.3, 0.4) is 0 Å². The number of hydrogen-bond donors (Lipinski definition) is 0. The van der Waals surface area contributed by atoms with Crippen LogP contribution in [0.1, 0.15) is 0 Å². The van der Waals surface area contributed by atoms with E-state index in [1.807, 2.05) is 12.3 Å². The average Bonchev–Trinajstić information content (AvgIpc) is 3.63. The van der Waals surface area contributed by atoms with E-state index in [2.05, 4.69) is 155 Å². The molecule has 0 amide bonds. The molecule has 0 atom stereocenters. The molecular weight excluding hydrogens is 756 g/mol. The molecule has 0 N–H and O–H groups in total. The standard InChI is InChI=1S/C42H26N4.Pt/c1-2-11-30-26-43-42(24-28(30)10-1)46-39-16-8-5-13-33(39)35-21-19-31(25-41(35)46)45-38-15-7-4-12-32(38)34-20-17-29(23-40(34)45)37-22-18-27-9-3-6-14-36(27)44-37;/h1-26H;/q;+2. The van der Waals surface area contributed by atoms with Crippen LogP contribution >= 0.6 is 0 Å². The zero-order valence-electron chi connectivity index (χ0n) is 25.1. The second kappa shape index (κ2) is 10.8. The van der Waals surface area contributed by atoms with Gasteiger partial charge in [0.25, 0.3) is 0 Å². The van der Waals surface area contributed by atoms with E-state index in [-0.39, 0.29) is 21.1 Å². The van der Waals surface area contributed by atoms with Gasteiger partial charge in [-0.05, 0) is 53.9 Å². The van der Waals surface area contributed by atoms with Gasteiger partial charge < -0.3 is 4.57 Å². The fourth-order valence-corrected chi connectivity index (χ4v) is 7.17. The second-order valence-electron chi connectivity index (χ2n) is 11.9. The molecule has 10 rings (SSSR count). The van der Waals surface area contributed by atoms with Gasteiger partial charge in [0.05, 0.1) is 33.3 Å². The summed E-state index contributed by atoms with van der Waals surface area (Å²) in [5, 5.41) is 8.32. The van der Waals surface area contributed by atoms with Gasteiger partial charge in [0, 0.05) is 49.8 Å². The SMILES string of the molecule is [Pt+2].c1ccc2cc(-n3c4ccccc4c4ccc(-n5c6ccccc6c6ccc(-c7ccc8ccccc8n7)cc65)cc43)ncc2c1. The van der Waals surface area contributed by atoms with Crippen LogP contribution in [0.25, 0.3) is 88.0 Å². The zero-order valence-corrected chi connectivity index (χ0v) is 27.4. The van der Waals surface area contributed by atoms with Gasteiger partial charge in [-0.25, -0.2) is 9.97 Å². The molecule has 0 saturated carbocycles. The maximum absolute atomic E-state index is 5.02. The molecule has 4 heterocycles. The maximum atomic E-state index is 5.02. The fourth-order valence-electron chi connectivity index (χ4n) is 7.17. The van der Waals surface area contributed by atoms with Crippen molar-refractivity contribution < 1.29 is 21.1 Å². The molecule has 0 saturated heterocycles. The summed E-state index contributed by atoms with van der Waals surface area (Å²) >= 11 is 0. The Hall–Kier alpha value is -5.57. The van der Waals surface area contributed by atoms with Crippen LogP contribution < -0.4 is 0 Å². The minimum absolute atomic E-state index is 0. The van der Waals surface area contributed by atoms with Gasteiger partial charge in [-0.2, -0.15) is 0 Å². The van der Waals surface area contributed by atoms with Gasteiger partial charge in [-0.1, -0.05) is 103 Å². The van der Waals surface area contributed by atoms with E-state index in [9.17, 15) is 0 Å². The number of benzene rings is 6. The van der Waals surface area contributed by atoms with Crippen molar-refractivity contribution in [2.45, 2.75) is 0 Å². The Labute approximate surface area is 284 Å². The first-order chi connectivity index (χ1) is 22.8. The Morgan fingerprint density at radius 1 is 0.426 bits per heavy atom. The molecule has 10 aromatic rings. The number of aromatic nitrogens is 4. The van der Waals surface area contributed by atoms with Gasteiger partial charge in [-0.15, -0.1) is 0 Å². The van der Waals surface area contributed by atoms with Gasteiger partial charge in [0.2, 0.25) is 0 Å². The molecule has 5 heteroatoms. The molecule has 0 aliphatic rings. The van der Waals surface area contributed by atoms with E-state index in [0.717, 1.165) is 55.6 Å². The van der Waals surface area contributed by atoms with Crippen LogP contribution in [-0.4, -0.2) is 19.1 Å². The third kappa shape index (κ3) is 4.26. The number of hydrogen-bond acceptors (Lipinski definition) is 2. The molecule has 0 fully saturated rings. The van der Waals surface area contributed by atoms with Crippen LogP contribution in [0.5, 0.6) is 0 Å². The van der Waals surface area contributed by atoms with Crippen molar-refractivity contribution in [3.05, 3.63) is 158 Å². The molecule has 0 bridgehead atoms. The third-order valence-electron chi connectivity index (χ3n) is 9.33. The van der Waals surface area contributed by atoms with Gasteiger partial charge in [-0.3, -0.25) is 4.57 Å². The van der Waals surface area contributed by atoms with Crippen molar-refractivity contribution in [2.24, 2.45) is 0 Å². The maximum Gasteiger partial charge on any atom is 2.00 e. The van der Waals surface area contributed by atoms with Crippen LogP contribution in [0.15, 0.2) is 158 Å². The quantitative estimate of drug-likeness (QED) is 0.179. The summed E-state index contributed by atoms with van der Waals surface area (Å²) in [5.74, 6) is 0.911. The summed E-state index contributed by atoms with van der Waals surface area (Å²) in [6, 6.07) is 54.0. The molecule has 0 spiro atoms. The number of para-hydroxylation sites is 3. The van der Waals surface area contributed by atoms with Crippen LogP contribution in [-0.2, 0) is 21.1 Å². The van der Waals surface area contributed by atoms with E-state index < -0.39 is 0 Å². The summed E-state index contributed by atoms with van der Waals surface area (Å²) in [4.78, 5) is 9.98. The summed E-state index contributed by atoms with van der Waals surface area (Å²) < 4.78 is 4.70. The Kier molecular flexibility index (Phi) is 6.34. The van der Waals surface area contributed by atoms with Crippen molar-refractivity contribution in [1.29, 1.82) is 0 Å². The largest absolute Gasteiger partial charge is 2.00 e. The molecule has 4 nitrogen and oxygen atoms in total. The smallest absolute Gasteiger partial charge is 0.309 e. The van der Waals surface area contributed by atoms with E-state index in [1.165, 1.54) is 32.4 Å². The van der Waals surface area contributed by atoms with E-state index in [4.69, 9.17) is 9.97 Å². The van der Waals surface area contributed by atoms with Crippen molar-refractivity contribution >= 4 is 65.3 Å². The second-order valence-corrected chi connectivity index (χ2v) is 11.9.